The number of carbonyl (C=O) groups is 1. The maximum Gasteiger partial charge on any atom is 0.474 e. The fraction of sp³-hybridized carbons (Fsp3) is 0.407. The van der Waals surface area contributed by atoms with Gasteiger partial charge in [-0.25, -0.2) is 14.9 Å². The molecule has 2 aliphatic heterocycles. The number of anilines is 2. The van der Waals surface area contributed by atoms with E-state index in [0.717, 1.165) is 62.6 Å². The number of fused-ring (bicyclic) bond motifs is 2. The number of amides is 1. The van der Waals surface area contributed by atoms with Crippen molar-refractivity contribution in [2.75, 3.05) is 18.4 Å². The van der Waals surface area contributed by atoms with E-state index in [9.17, 15) is 14.9 Å². The molecule has 2 fully saturated rings. The van der Waals surface area contributed by atoms with E-state index < -0.39 is 7.05 Å². The van der Waals surface area contributed by atoms with Gasteiger partial charge in [-0.15, -0.1) is 0 Å². The SMILES string of the molecule is O=C(C1CCNCC1)N1N=Cc2ccc(Nc3ncc4cccc(OC5CCC(O)CC5)c4n3)cc2B1O. The predicted octanol–water partition coefficient (Wildman–Crippen LogP) is 1.92. The average molecular weight is 514 g/mol. The molecule has 3 aromatic rings. The summed E-state index contributed by atoms with van der Waals surface area (Å²) in [5, 5.41) is 32.5. The Labute approximate surface area is 221 Å². The van der Waals surface area contributed by atoms with E-state index in [1.165, 1.54) is 4.92 Å². The lowest BCUT2D eigenvalue weighted by molar-refractivity contribution is -0.132. The lowest BCUT2D eigenvalue weighted by atomic mass is 9.69. The van der Waals surface area contributed by atoms with Crippen LogP contribution in [0.2, 0.25) is 0 Å². The summed E-state index contributed by atoms with van der Waals surface area (Å²) >= 11 is 0. The van der Waals surface area contributed by atoms with Crippen LogP contribution >= 0.6 is 0 Å². The first-order chi connectivity index (χ1) is 18.5. The highest BCUT2D eigenvalue weighted by Crippen LogP contribution is 2.29. The summed E-state index contributed by atoms with van der Waals surface area (Å²) in [6.07, 6.45) is 7.76. The Hall–Kier alpha value is -3.54. The number of aromatic nitrogens is 2. The Kier molecular flexibility index (Phi) is 6.97. The zero-order chi connectivity index (χ0) is 26.1. The molecule has 10 nitrogen and oxygen atoms in total. The normalized spacial score (nSPS) is 21.8. The van der Waals surface area contributed by atoms with Crippen molar-refractivity contribution in [3.05, 3.63) is 48.2 Å². The van der Waals surface area contributed by atoms with Crippen LogP contribution in [0.25, 0.3) is 10.9 Å². The molecule has 196 valence electrons. The van der Waals surface area contributed by atoms with Crippen molar-refractivity contribution in [2.45, 2.75) is 50.7 Å². The smallest absolute Gasteiger partial charge is 0.474 e. The van der Waals surface area contributed by atoms with Crippen LogP contribution in [0.15, 0.2) is 47.7 Å². The van der Waals surface area contributed by atoms with Gasteiger partial charge in [-0.3, -0.25) is 4.79 Å². The molecule has 3 aliphatic rings. The first-order valence-corrected chi connectivity index (χ1v) is 13.3. The van der Waals surface area contributed by atoms with Crippen molar-refractivity contribution in [1.29, 1.82) is 0 Å². The van der Waals surface area contributed by atoms with E-state index in [1.807, 2.05) is 30.3 Å². The summed E-state index contributed by atoms with van der Waals surface area (Å²) in [5.74, 6) is 0.789. The van der Waals surface area contributed by atoms with Gasteiger partial charge in [0, 0.05) is 23.2 Å². The van der Waals surface area contributed by atoms with Crippen LogP contribution in [0.1, 0.15) is 44.1 Å². The number of aliphatic hydroxyl groups is 1. The van der Waals surface area contributed by atoms with E-state index in [1.54, 1.807) is 18.5 Å². The van der Waals surface area contributed by atoms with Crippen LogP contribution in [-0.4, -0.2) is 69.5 Å². The monoisotopic (exact) mass is 514 g/mol. The maximum atomic E-state index is 13.0. The van der Waals surface area contributed by atoms with Gasteiger partial charge in [0.2, 0.25) is 11.9 Å². The molecule has 1 aromatic heterocycles. The average Bonchev–Trinajstić information content (AvgIpc) is 2.95. The maximum absolute atomic E-state index is 13.0. The number of hydrogen-bond donors (Lipinski definition) is 4. The Morgan fingerprint density at radius 1 is 1.11 bits per heavy atom. The van der Waals surface area contributed by atoms with Gasteiger partial charge in [0.1, 0.15) is 11.3 Å². The van der Waals surface area contributed by atoms with E-state index >= 15 is 0 Å². The van der Waals surface area contributed by atoms with Crippen molar-refractivity contribution < 1.29 is 19.7 Å². The number of para-hydroxylation sites is 1. The van der Waals surface area contributed by atoms with Gasteiger partial charge in [-0.05, 0) is 80.8 Å². The quantitative estimate of drug-likeness (QED) is 0.380. The molecular weight excluding hydrogens is 483 g/mol. The van der Waals surface area contributed by atoms with Gasteiger partial charge in [0.15, 0.2) is 0 Å². The van der Waals surface area contributed by atoms with Crippen LogP contribution < -0.4 is 20.8 Å². The summed E-state index contributed by atoms with van der Waals surface area (Å²) in [6, 6.07) is 11.3. The summed E-state index contributed by atoms with van der Waals surface area (Å²) in [7, 11) is -1.16. The molecule has 1 aliphatic carbocycles. The molecule has 0 bridgehead atoms. The standard InChI is InChI=1S/C27H31BN6O4/c35-21-6-8-22(9-7-21)38-24-3-1-2-19-15-30-27(33-25(19)24)32-20-5-4-18-16-31-34(28(37)23(18)14-20)26(36)17-10-12-29-13-11-17/h1-5,14-17,21-22,29,35,37H,6-13H2,(H,30,32,33). The number of piperidine rings is 1. The second-order valence-corrected chi connectivity index (χ2v) is 10.2. The second-order valence-electron chi connectivity index (χ2n) is 10.2. The summed E-state index contributed by atoms with van der Waals surface area (Å²) in [5.41, 5.74) is 2.74. The second kappa shape index (κ2) is 10.7. The molecule has 38 heavy (non-hydrogen) atoms. The zero-order valence-electron chi connectivity index (χ0n) is 21.1. The fourth-order valence-corrected chi connectivity index (χ4v) is 5.40. The number of benzene rings is 2. The molecule has 6 rings (SSSR count). The van der Waals surface area contributed by atoms with Gasteiger partial charge in [0.25, 0.3) is 0 Å². The van der Waals surface area contributed by atoms with Crippen molar-refractivity contribution in [3.8, 4) is 5.75 Å². The Balaban J connectivity index is 1.21. The molecule has 1 saturated carbocycles. The van der Waals surface area contributed by atoms with Gasteiger partial charge in [-0.1, -0.05) is 18.2 Å². The van der Waals surface area contributed by atoms with Crippen LogP contribution in [0.5, 0.6) is 5.75 Å². The minimum atomic E-state index is -1.16. The first kappa shape index (κ1) is 24.8. The summed E-state index contributed by atoms with van der Waals surface area (Å²) < 4.78 is 6.28. The topological polar surface area (TPSA) is 132 Å². The first-order valence-electron chi connectivity index (χ1n) is 13.3. The van der Waals surface area contributed by atoms with Crippen LogP contribution in [0.3, 0.4) is 0 Å². The fourth-order valence-electron chi connectivity index (χ4n) is 5.40. The van der Waals surface area contributed by atoms with Gasteiger partial charge in [-0.2, -0.15) is 5.10 Å². The van der Waals surface area contributed by atoms with Gasteiger partial charge < -0.3 is 25.5 Å². The molecule has 0 radical (unpaired) electrons. The third-order valence-electron chi connectivity index (χ3n) is 7.60. The summed E-state index contributed by atoms with van der Waals surface area (Å²) in [6.45, 7) is 1.58. The van der Waals surface area contributed by atoms with Crippen molar-refractivity contribution in [2.24, 2.45) is 11.0 Å². The van der Waals surface area contributed by atoms with Gasteiger partial charge >= 0.3 is 7.05 Å². The lowest BCUT2D eigenvalue weighted by Gasteiger charge is -2.30. The van der Waals surface area contributed by atoms with E-state index in [-0.39, 0.29) is 24.0 Å². The zero-order valence-corrected chi connectivity index (χ0v) is 21.1. The Bertz CT molecular complexity index is 1360. The number of aliphatic hydroxyl groups excluding tert-OH is 1. The third kappa shape index (κ3) is 5.09. The molecule has 1 saturated heterocycles. The number of carbonyl (C=O) groups excluding carboxylic acids is 1. The molecule has 2 aromatic carbocycles. The molecule has 4 N–H and O–H groups in total. The Morgan fingerprint density at radius 2 is 1.92 bits per heavy atom. The highest BCUT2D eigenvalue weighted by atomic mass is 16.5. The predicted molar refractivity (Wildman–Crippen MR) is 146 cm³/mol. The van der Waals surface area contributed by atoms with Crippen molar-refractivity contribution in [1.82, 2.24) is 20.2 Å². The van der Waals surface area contributed by atoms with Crippen molar-refractivity contribution in [3.63, 3.8) is 0 Å². The van der Waals surface area contributed by atoms with E-state index in [4.69, 9.17) is 9.72 Å². The van der Waals surface area contributed by atoms with Crippen LogP contribution in [0, 0.1) is 5.92 Å². The lowest BCUT2D eigenvalue weighted by Crippen LogP contribution is -2.54. The molecule has 1 amide bonds. The molecule has 11 heteroatoms. The number of hydrogen-bond acceptors (Lipinski definition) is 9. The number of nitrogens with one attached hydrogen (secondary N) is 2. The van der Waals surface area contributed by atoms with Gasteiger partial charge in [0.05, 0.1) is 18.4 Å². The molecule has 3 heterocycles. The third-order valence-corrected chi connectivity index (χ3v) is 7.60. The number of hydrazone groups is 1. The number of nitrogens with zero attached hydrogens (tertiary/aromatic N) is 4. The molecule has 0 unspecified atom stereocenters. The minimum absolute atomic E-state index is 0.0506. The molecular formula is C27H31BN6O4. The minimum Gasteiger partial charge on any atom is -0.488 e. The number of ether oxygens (including phenoxy) is 1. The molecule has 0 atom stereocenters. The highest BCUT2D eigenvalue weighted by Gasteiger charge is 2.37. The van der Waals surface area contributed by atoms with Crippen LogP contribution in [0.4, 0.5) is 11.6 Å². The van der Waals surface area contributed by atoms with E-state index in [0.29, 0.717) is 28.4 Å². The van der Waals surface area contributed by atoms with E-state index in [2.05, 4.69) is 20.7 Å². The molecule has 0 spiro atoms. The number of rotatable bonds is 5. The Morgan fingerprint density at radius 3 is 2.74 bits per heavy atom. The van der Waals surface area contributed by atoms with Crippen LogP contribution in [-0.2, 0) is 4.79 Å². The highest BCUT2D eigenvalue weighted by molar-refractivity contribution is 6.67. The summed E-state index contributed by atoms with van der Waals surface area (Å²) in [4.78, 5) is 23.4. The largest absolute Gasteiger partial charge is 0.488 e. The van der Waals surface area contributed by atoms with Crippen molar-refractivity contribution >= 4 is 47.2 Å².